The summed E-state index contributed by atoms with van der Waals surface area (Å²) in [4.78, 5) is 16.4. The fraction of sp³-hybridized carbons (Fsp3) is 0.435. The topological polar surface area (TPSA) is 44.8 Å². The second-order valence-electron chi connectivity index (χ2n) is 7.38. The van der Waals surface area contributed by atoms with Crippen LogP contribution in [0.2, 0.25) is 0 Å². The summed E-state index contributed by atoms with van der Waals surface area (Å²) >= 11 is 0. The Hall–Kier alpha value is -2.53. The number of carbonyl (C=O) groups is 1. The molecule has 2 atom stereocenters. The molecule has 1 fully saturated rings. The summed E-state index contributed by atoms with van der Waals surface area (Å²) in [6, 6.07) is 17.2. The molecule has 28 heavy (non-hydrogen) atoms. The molecule has 150 valence electrons. The molecule has 2 aliphatic heterocycles. The summed E-state index contributed by atoms with van der Waals surface area (Å²) in [7, 11) is 0. The molecule has 2 aromatic rings. The first kappa shape index (κ1) is 20.2. The standard InChI is InChI=1S/C22H27N3O2.CH4/c1-16-15-21(20-5-3-4-6-22(20)25(16)17(2)26)23-18-7-9-19(10-8-18)24-11-13-27-14-12-24;/h3-10,16,21,23H,11-15H2,1-2H3;1H4. The van der Waals surface area contributed by atoms with Gasteiger partial charge in [0, 0.05) is 43.1 Å². The molecule has 2 heterocycles. The summed E-state index contributed by atoms with van der Waals surface area (Å²) in [6.07, 6.45) is 0.891. The minimum atomic E-state index is 0. The second kappa shape index (κ2) is 8.65. The Kier molecular flexibility index (Phi) is 6.25. The van der Waals surface area contributed by atoms with Crippen LogP contribution in [0.3, 0.4) is 0 Å². The first-order chi connectivity index (χ1) is 13.1. The van der Waals surface area contributed by atoms with Gasteiger partial charge in [-0.05, 0) is 49.2 Å². The van der Waals surface area contributed by atoms with Crippen molar-refractivity contribution in [3.05, 3.63) is 54.1 Å². The van der Waals surface area contributed by atoms with E-state index in [0.29, 0.717) is 0 Å². The predicted octanol–water partition coefficient (Wildman–Crippen LogP) is 4.46. The van der Waals surface area contributed by atoms with Crippen LogP contribution in [0.15, 0.2) is 48.5 Å². The van der Waals surface area contributed by atoms with Crippen LogP contribution in [0.25, 0.3) is 0 Å². The zero-order valence-electron chi connectivity index (χ0n) is 16.0. The normalized spacial score (nSPS) is 21.5. The van der Waals surface area contributed by atoms with Gasteiger partial charge in [0.15, 0.2) is 0 Å². The molecule has 2 aliphatic rings. The first-order valence-corrected chi connectivity index (χ1v) is 9.71. The van der Waals surface area contributed by atoms with E-state index < -0.39 is 0 Å². The molecule has 2 aromatic carbocycles. The zero-order chi connectivity index (χ0) is 18.8. The molecule has 5 nitrogen and oxygen atoms in total. The highest BCUT2D eigenvalue weighted by molar-refractivity contribution is 5.93. The Bertz CT molecular complexity index is 800. The maximum atomic E-state index is 12.1. The number of hydrogen-bond acceptors (Lipinski definition) is 4. The smallest absolute Gasteiger partial charge is 0.224 e. The molecule has 4 rings (SSSR count). The van der Waals surface area contributed by atoms with E-state index in [1.807, 2.05) is 23.1 Å². The fourth-order valence-electron chi connectivity index (χ4n) is 4.22. The van der Waals surface area contributed by atoms with Gasteiger partial charge in [-0.3, -0.25) is 4.79 Å². The van der Waals surface area contributed by atoms with Crippen LogP contribution in [-0.4, -0.2) is 38.3 Å². The summed E-state index contributed by atoms with van der Waals surface area (Å²) < 4.78 is 5.43. The van der Waals surface area contributed by atoms with Crippen LogP contribution in [0.4, 0.5) is 17.1 Å². The van der Waals surface area contributed by atoms with Gasteiger partial charge >= 0.3 is 0 Å². The number of nitrogens with zero attached hydrogens (tertiary/aromatic N) is 2. The SMILES string of the molecule is C.CC(=O)N1c2ccccc2C(Nc2ccc(N3CCOCC3)cc2)CC1C. The van der Waals surface area contributed by atoms with Crippen LogP contribution in [0, 0.1) is 0 Å². The Morgan fingerprint density at radius 2 is 1.75 bits per heavy atom. The fourth-order valence-corrected chi connectivity index (χ4v) is 4.22. The van der Waals surface area contributed by atoms with E-state index in [1.54, 1.807) is 6.92 Å². The lowest BCUT2D eigenvalue weighted by Gasteiger charge is -2.39. The number of nitrogens with one attached hydrogen (secondary N) is 1. The third-order valence-electron chi connectivity index (χ3n) is 5.51. The molecule has 1 N–H and O–H groups in total. The second-order valence-corrected chi connectivity index (χ2v) is 7.38. The van der Waals surface area contributed by atoms with Crippen LogP contribution in [0.1, 0.15) is 39.3 Å². The van der Waals surface area contributed by atoms with Gasteiger partial charge in [0.25, 0.3) is 0 Å². The van der Waals surface area contributed by atoms with Gasteiger partial charge in [-0.25, -0.2) is 0 Å². The molecular weight excluding hydrogens is 350 g/mol. The maximum Gasteiger partial charge on any atom is 0.224 e. The molecule has 0 radical (unpaired) electrons. The van der Waals surface area contributed by atoms with Crippen molar-refractivity contribution in [1.29, 1.82) is 0 Å². The lowest BCUT2D eigenvalue weighted by atomic mass is 9.91. The summed E-state index contributed by atoms with van der Waals surface area (Å²) in [5.41, 5.74) is 4.55. The van der Waals surface area contributed by atoms with Gasteiger partial charge in [-0.2, -0.15) is 0 Å². The highest BCUT2D eigenvalue weighted by Crippen LogP contribution is 2.39. The van der Waals surface area contributed by atoms with E-state index in [0.717, 1.165) is 44.1 Å². The van der Waals surface area contributed by atoms with Gasteiger partial charge in [-0.1, -0.05) is 25.6 Å². The van der Waals surface area contributed by atoms with Crippen molar-refractivity contribution in [2.75, 3.05) is 41.4 Å². The van der Waals surface area contributed by atoms with Crippen molar-refractivity contribution in [2.45, 2.75) is 39.8 Å². The van der Waals surface area contributed by atoms with Crippen molar-refractivity contribution in [3.63, 3.8) is 0 Å². The third-order valence-corrected chi connectivity index (χ3v) is 5.51. The number of benzene rings is 2. The van der Waals surface area contributed by atoms with Crippen molar-refractivity contribution < 1.29 is 9.53 Å². The first-order valence-electron chi connectivity index (χ1n) is 9.71. The Labute approximate surface area is 168 Å². The highest BCUT2D eigenvalue weighted by Gasteiger charge is 2.32. The van der Waals surface area contributed by atoms with Gasteiger partial charge in [0.05, 0.1) is 19.3 Å². The molecule has 0 aromatic heterocycles. The molecule has 1 saturated heterocycles. The molecular formula is C23H31N3O2. The van der Waals surface area contributed by atoms with Crippen molar-refractivity contribution >= 4 is 23.0 Å². The summed E-state index contributed by atoms with van der Waals surface area (Å²) in [5.74, 6) is 0.100. The lowest BCUT2D eigenvalue weighted by molar-refractivity contribution is -0.117. The number of amides is 1. The maximum absolute atomic E-state index is 12.1. The number of fused-ring (bicyclic) bond motifs is 1. The van der Waals surface area contributed by atoms with Gasteiger partial charge in [0.2, 0.25) is 5.91 Å². The quantitative estimate of drug-likeness (QED) is 0.853. The number of ether oxygens (including phenoxy) is 1. The number of hydrogen-bond donors (Lipinski definition) is 1. The van der Waals surface area contributed by atoms with Crippen LogP contribution < -0.4 is 15.1 Å². The molecule has 5 heteroatoms. The van der Waals surface area contributed by atoms with E-state index in [9.17, 15) is 4.79 Å². The predicted molar refractivity (Wildman–Crippen MR) is 116 cm³/mol. The monoisotopic (exact) mass is 381 g/mol. The zero-order valence-corrected chi connectivity index (χ0v) is 16.0. The Morgan fingerprint density at radius 3 is 2.43 bits per heavy atom. The molecule has 0 bridgehead atoms. The van der Waals surface area contributed by atoms with E-state index in [4.69, 9.17) is 4.74 Å². The Balaban J connectivity index is 0.00000225. The minimum Gasteiger partial charge on any atom is -0.378 e. The largest absolute Gasteiger partial charge is 0.378 e. The van der Waals surface area contributed by atoms with Crippen LogP contribution in [-0.2, 0) is 9.53 Å². The van der Waals surface area contributed by atoms with E-state index in [2.05, 4.69) is 47.5 Å². The van der Waals surface area contributed by atoms with Gasteiger partial charge in [-0.15, -0.1) is 0 Å². The summed E-state index contributed by atoms with van der Waals surface area (Å²) in [6.45, 7) is 7.24. The van der Waals surface area contributed by atoms with Gasteiger partial charge < -0.3 is 19.9 Å². The highest BCUT2D eigenvalue weighted by atomic mass is 16.5. The number of morpholine rings is 1. The number of anilines is 3. The number of rotatable bonds is 3. The summed E-state index contributed by atoms with van der Waals surface area (Å²) in [5, 5.41) is 3.68. The van der Waals surface area contributed by atoms with E-state index in [-0.39, 0.29) is 25.4 Å². The molecule has 0 spiro atoms. The lowest BCUT2D eigenvalue weighted by Crippen LogP contribution is -2.43. The van der Waals surface area contributed by atoms with Gasteiger partial charge in [0.1, 0.15) is 0 Å². The molecule has 1 amide bonds. The number of para-hydroxylation sites is 1. The van der Waals surface area contributed by atoms with E-state index in [1.165, 1.54) is 11.3 Å². The van der Waals surface area contributed by atoms with Crippen LogP contribution >= 0.6 is 0 Å². The van der Waals surface area contributed by atoms with Crippen molar-refractivity contribution in [3.8, 4) is 0 Å². The molecule has 0 saturated carbocycles. The number of carbonyl (C=O) groups excluding carboxylic acids is 1. The van der Waals surface area contributed by atoms with Crippen LogP contribution in [0.5, 0.6) is 0 Å². The molecule has 2 unspecified atom stereocenters. The van der Waals surface area contributed by atoms with Crippen molar-refractivity contribution in [1.82, 2.24) is 0 Å². The third kappa shape index (κ3) is 3.99. The Morgan fingerprint density at radius 1 is 1.07 bits per heavy atom. The minimum absolute atomic E-state index is 0. The van der Waals surface area contributed by atoms with Crippen molar-refractivity contribution in [2.24, 2.45) is 0 Å². The van der Waals surface area contributed by atoms with E-state index >= 15 is 0 Å². The average Bonchev–Trinajstić information content (AvgIpc) is 2.69. The molecule has 0 aliphatic carbocycles. The average molecular weight is 382 g/mol.